The quantitative estimate of drug-likeness (QED) is 0.812. The Balaban J connectivity index is 1.72. The summed E-state index contributed by atoms with van der Waals surface area (Å²) in [5, 5.41) is 11.0. The van der Waals surface area contributed by atoms with E-state index in [9.17, 15) is 4.79 Å². The topological polar surface area (TPSA) is 98.1 Å². The molecule has 3 heterocycles. The Morgan fingerprint density at radius 2 is 2.19 bits per heavy atom. The number of ether oxygens (including phenoxy) is 1. The van der Waals surface area contributed by atoms with Crippen LogP contribution in [0.5, 0.6) is 0 Å². The highest BCUT2D eigenvalue weighted by Crippen LogP contribution is 2.25. The number of nitrogens with zero attached hydrogens (tertiary/aromatic N) is 6. The lowest BCUT2D eigenvalue weighted by Crippen LogP contribution is -2.41. The average molecular weight is 359 g/mol. The van der Waals surface area contributed by atoms with Crippen LogP contribution in [0.4, 0.5) is 5.82 Å². The van der Waals surface area contributed by atoms with Crippen molar-refractivity contribution in [2.75, 3.05) is 25.1 Å². The Kier molecular flexibility index (Phi) is 5.46. The van der Waals surface area contributed by atoms with Crippen LogP contribution in [0.2, 0.25) is 0 Å². The van der Waals surface area contributed by atoms with Gasteiger partial charge in [-0.25, -0.2) is 14.6 Å². The first kappa shape index (κ1) is 18.2. The molecule has 1 fully saturated rings. The number of aromatic nitrogens is 5. The number of nitrogens with one attached hydrogen (secondary N) is 1. The smallest absolute Gasteiger partial charge is 0.271 e. The van der Waals surface area contributed by atoms with E-state index in [1.165, 1.54) is 0 Å². The highest BCUT2D eigenvalue weighted by molar-refractivity contribution is 5.93. The molecular weight excluding hydrogens is 334 g/mol. The number of rotatable bonds is 6. The monoisotopic (exact) mass is 359 g/mol. The third kappa shape index (κ3) is 3.67. The van der Waals surface area contributed by atoms with Crippen LogP contribution in [0.25, 0.3) is 0 Å². The zero-order valence-electron chi connectivity index (χ0n) is 15.6. The number of amides is 1. The molecule has 1 N–H and O–H groups in total. The van der Waals surface area contributed by atoms with E-state index in [1.807, 2.05) is 19.9 Å². The minimum atomic E-state index is -0.158. The van der Waals surface area contributed by atoms with Crippen molar-refractivity contribution in [2.24, 2.45) is 0 Å². The lowest BCUT2D eigenvalue weighted by Gasteiger charge is -2.25. The number of anilines is 1. The Bertz CT molecular complexity index is 776. The number of hydrogen-bond donors (Lipinski definition) is 1. The lowest BCUT2D eigenvalue weighted by molar-refractivity contribution is 0.0935. The van der Waals surface area contributed by atoms with Crippen LogP contribution in [0.3, 0.4) is 0 Å². The molecule has 2 atom stereocenters. The first-order valence-corrected chi connectivity index (χ1v) is 8.79. The fourth-order valence-electron chi connectivity index (χ4n) is 3.31. The van der Waals surface area contributed by atoms with Crippen LogP contribution in [0.15, 0.2) is 12.4 Å². The van der Waals surface area contributed by atoms with Gasteiger partial charge in [0.15, 0.2) is 0 Å². The average Bonchev–Trinajstić information content (AvgIpc) is 3.22. The number of carbonyl (C=O) groups excluding carboxylic acids is 1. The van der Waals surface area contributed by atoms with Gasteiger partial charge < -0.3 is 15.0 Å². The molecule has 1 aliphatic rings. The fraction of sp³-hybridized carbons (Fsp3) is 0.588. The summed E-state index contributed by atoms with van der Waals surface area (Å²) in [5.41, 5.74) is 2.05. The second-order valence-corrected chi connectivity index (χ2v) is 6.47. The summed E-state index contributed by atoms with van der Waals surface area (Å²) in [7, 11) is 1.71. The van der Waals surface area contributed by atoms with Crippen molar-refractivity contribution in [3.05, 3.63) is 29.5 Å². The molecule has 0 saturated carbocycles. The maximum atomic E-state index is 12.6. The van der Waals surface area contributed by atoms with Gasteiger partial charge in [-0.3, -0.25) is 4.79 Å². The van der Waals surface area contributed by atoms with Crippen LogP contribution in [-0.4, -0.2) is 63.2 Å². The lowest BCUT2D eigenvalue weighted by atomic mass is 10.2. The SMILES string of the molecule is CCn1nnc(C)c1C(=O)NC[C@@H]1C[C@H](OC)CN1c1cc(C)ncn1. The Morgan fingerprint density at radius 3 is 2.88 bits per heavy atom. The van der Waals surface area contributed by atoms with Crippen LogP contribution in [-0.2, 0) is 11.3 Å². The van der Waals surface area contributed by atoms with Crippen molar-refractivity contribution in [2.45, 2.75) is 45.9 Å². The second kappa shape index (κ2) is 7.77. The Morgan fingerprint density at radius 1 is 1.38 bits per heavy atom. The standard InChI is InChI=1S/C17H25N7O2/c1-5-24-16(12(3)21-22-24)17(25)18-8-13-7-14(26-4)9-23(13)15-6-11(2)19-10-20-15/h6,10,13-14H,5,7-9H2,1-4H3,(H,18,25)/t13-,14-/m0/s1. The van der Waals surface area contributed by atoms with E-state index in [1.54, 1.807) is 25.0 Å². The first-order valence-electron chi connectivity index (χ1n) is 8.79. The molecule has 2 aromatic rings. The molecule has 0 aromatic carbocycles. The van der Waals surface area contributed by atoms with Crippen molar-refractivity contribution >= 4 is 11.7 Å². The number of hydrogen-bond acceptors (Lipinski definition) is 7. The van der Waals surface area contributed by atoms with E-state index in [0.29, 0.717) is 24.5 Å². The molecule has 0 bridgehead atoms. The van der Waals surface area contributed by atoms with Crippen LogP contribution in [0, 0.1) is 13.8 Å². The van der Waals surface area contributed by atoms with Gasteiger partial charge in [0.05, 0.1) is 17.8 Å². The van der Waals surface area contributed by atoms with Gasteiger partial charge in [-0.1, -0.05) is 5.21 Å². The van der Waals surface area contributed by atoms with Crippen LogP contribution < -0.4 is 10.2 Å². The second-order valence-electron chi connectivity index (χ2n) is 6.47. The van der Waals surface area contributed by atoms with Gasteiger partial charge in [-0.15, -0.1) is 5.10 Å². The largest absolute Gasteiger partial charge is 0.380 e. The van der Waals surface area contributed by atoms with Crippen molar-refractivity contribution in [3.63, 3.8) is 0 Å². The van der Waals surface area contributed by atoms with Gasteiger partial charge >= 0.3 is 0 Å². The van der Waals surface area contributed by atoms with E-state index in [2.05, 4.69) is 30.5 Å². The van der Waals surface area contributed by atoms with E-state index < -0.39 is 0 Å². The summed E-state index contributed by atoms with van der Waals surface area (Å²) in [6, 6.07) is 2.05. The Labute approximate surface area is 152 Å². The molecule has 0 radical (unpaired) electrons. The first-order chi connectivity index (χ1) is 12.5. The van der Waals surface area contributed by atoms with Crippen LogP contribution in [0.1, 0.15) is 35.2 Å². The molecular formula is C17H25N7O2. The predicted octanol–water partition coefficient (Wildman–Crippen LogP) is 0.729. The predicted molar refractivity (Wildman–Crippen MR) is 96.1 cm³/mol. The number of methoxy groups -OCH3 is 1. The zero-order chi connectivity index (χ0) is 18.7. The van der Waals surface area contributed by atoms with Gasteiger partial charge in [0.25, 0.3) is 5.91 Å². The highest BCUT2D eigenvalue weighted by Gasteiger charge is 2.33. The van der Waals surface area contributed by atoms with Gasteiger partial charge in [0.2, 0.25) is 0 Å². The molecule has 26 heavy (non-hydrogen) atoms. The summed E-state index contributed by atoms with van der Waals surface area (Å²) in [6.45, 7) is 7.50. The van der Waals surface area contributed by atoms with Gasteiger partial charge in [0.1, 0.15) is 17.8 Å². The zero-order valence-corrected chi connectivity index (χ0v) is 15.6. The van der Waals surface area contributed by atoms with Gasteiger partial charge in [0, 0.05) is 38.5 Å². The molecule has 1 aliphatic heterocycles. The molecule has 3 rings (SSSR count). The van der Waals surface area contributed by atoms with E-state index in [0.717, 1.165) is 24.5 Å². The molecule has 9 heteroatoms. The van der Waals surface area contributed by atoms with Crippen molar-refractivity contribution in [1.29, 1.82) is 0 Å². The Hall–Kier alpha value is -2.55. The molecule has 9 nitrogen and oxygen atoms in total. The molecule has 1 amide bonds. The van der Waals surface area contributed by atoms with Crippen LogP contribution >= 0.6 is 0 Å². The molecule has 140 valence electrons. The minimum Gasteiger partial charge on any atom is -0.380 e. The summed E-state index contributed by atoms with van der Waals surface area (Å²) in [6.07, 6.45) is 2.50. The van der Waals surface area contributed by atoms with Crippen molar-refractivity contribution in [1.82, 2.24) is 30.3 Å². The molecule has 0 spiro atoms. The maximum Gasteiger partial charge on any atom is 0.271 e. The fourth-order valence-corrected chi connectivity index (χ4v) is 3.31. The van der Waals surface area contributed by atoms with E-state index in [4.69, 9.17) is 4.74 Å². The van der Waals surface area contributed by atoms with Crippen molar-refractivity contribution < 1.29 is 9.53 Å². The van der Waals surface area contributed by atoms with Gasteiger partial charge in [-0.2, -0.15) is 0 Å². The third-order valence-corrected chi connectivity index (χ3v) is 4.71. The molecule has 1 saturated heterocycles. The van der Waals surface area contributed by atoms with E-state index in [-0.39, 0.29) is 18.1 Å². The maximum absolute atomic E-state index is 12.6. The summed E-state index contributed by atoms with van der Waals surface area (Å²) in [5.74, 6) is 0.696. The van der Waals surface area contributed by atoms with Gasteiger partial charge in [-0.05, 0) is 27.2 Å². The van der Waals surface area contributed by atoms with Crippen molar-refractivity contribution in [3.8, 4) is 0 Å². The number of carbonyl (C=O) groups is 1. The number of aryl methyl sites for hydroxylation is 3. The molecule has 0 unspecified atom stereocenters. The normalized spacial score (nSPS) is 19.8. The molecule has 0 aliphatic carbocycles. The summed E-state index contributed by atoms with van der Waals surface area (Å²) >= 11 is 0. The van der Waals surface area contributed by atoms with E-state index >= 15 is 0 Å². The summed E-state index contributed by atoms with van der Waals surface area (Å²) in [4.78, 5) is 23.3. The third-order valence-electron chi connectivity index (χ3n) is 4.71. The minimum absolute atomic E-state index is 0.101. The summed E-state index contributed by atoms with van der Waals surface area (Å²) < 4.78 is 7.15. The molecule has 2 aromatic heterocycles. The highest BCUT2D eigenvalue weighted by atomic mass is 16.5.